The van der Waals surface area contributed by atoms with Crippen LogP contribution < -0.4 is 5.32 Å². The summed E-state index contributed by atoms with van der Waals surface area (Å²) in [6.07, 6.45) is 2.50. The van der Waals surface area contributed by atoms with Crippen LogP contribution in [0, 0.1) is 17.8 Å². The van der Waals surface area contributed by atoms with Crippen LogP contribution in [0.25, 0.3) is 11.3 Å². The number of anilines is 1. The predicted octanol–water partition coefficient (Wildman–Crippen LogP) is 1.36. The first-order chi connectivity index (χ1) is 16.1. The Morgan fingerprint density at radius 1 is 1.09 bits per heavy atom. The molecule has 1 saturated carbocycles. The monoisotopic (exact) mass is 474 g/mol. The van der Waals surface area contributed by atoms with Crippen LogP contribution in [0.15, 0.2) is 18.5 Å². The molecular weight excluding hydrogens is 443 g/mol. The number of nitrogens with zero attached hydrogens (tertiary/aromatic N) is 5. The Morgan fingerprint density at radius 3 is 2.35 bits per heavy atom. The van der Waals surface area contributed by atoms with E-state index in [2.05, 4.69) is 41.2 Å². The Balaban J connectivity index is 1.26. The van der Waals surface area contributed by atoms with Gasteiger partial charge in [-0.15, -0.1) is 10.2 Å². The fraction of sp³-hybridized carbons (Fsp3) is 0.682. The number of likely N-dealkylation sites (tertiary alicyclic amines) is 1. The van der Waals surface area contributed by atoms with E-state index in [1.165, 1.54) is 10.9 Å². The molecule has 0 amide bonds. The van der Waals surface area contributed by atoms with Crippen LogP contribution in [0.2, 0.25) is 0 Å². The zero-order chi connectivity index (χ0) is 24.1. The average molecular weight is 474 g/mol. The first-order valence-corrected chi connectivity index (χ1v) is 12.1. The molecule has 182 valence electrons. The number of rotatable bonds is 5. The first-order valence-electron chi connectivity index (χ1n) is 12.1. The summed E-state index contributed by atoms with van der Waals surface area (Å²) in [6.45, 7) is 3.68. The van der Waals surface area contributed by atoms with Gasteiger partial charge < -0.3 is 15.0 Å². The second kappa shape index (κ2) is 8.86. The molecule has 3 fully saturated rings. The van der Waals surface area contributed by atoms with Gasteiger partial charge in [0.2, 0.25) is 0 Å². The summed E-state index contributed by atoms with van der Waals surface area (Å²) in [5.74, 6) is 1.43. The Hall–Kier alpha value is -2.07. The van der Waals surface area contributed by atoms with Crippen LogP contribution in [0.4, 0.5) is 19.0 Å². The van der Waals surface area contributed by atoms with Crippen LogP contribution in [-0.4, -0.2) is 78.3 Å². The molecule has 5 rings (SSSR count). The first kappa shape index (κ1) is 23.7. The molecule has 3 atom stereocenters. The van der Waals surface area contributed by atoms with Crippen molar-refractivity contribution in [1.82, 2.24) is 24.9 Å². The van der Waals surface area contributed by atoms with E-state index in [1.807, 2.05) is 0 Å². The van der Waals surface area contributed by atoms with Crippen molar-refractivity contribution in [2.75, 3.05) is 31.6 Å². The van der Waals surface area contributed by atoms with Crippen molar-refractivity contribution >= 4 is 21.5 Å². The molecule has 2 aliphatic heterocycles. The fourth-order valence-corrected chi connectivity index (χ4v) is 6.15. The molecule has 0 unspecified atom stereocenters. The molecular formula is C22H31B2F3N6O. The topological polar surface area (TPSA) is 68.1 Å². The molecule has 0 spiro atoms. The Labute approximate surface area is 199 Å². The summed E-state index contributed by atoms with van der Waals surface area (Å²) in [4.78, 5) is 2.61. The maximum absolute atomic E-state index is 13.9. The van der Waals surface area contributed by atoms with Gasteiger partial charge in [-0.3, -0.25) is 4.68 Å². The van der Waals surface area contributed by atoms with E-state index < -0.39 is 11.7 Å². The van der Waals surface area contributed by atoms with Crippen LogP contribution >= 0.6 is 0 Å². The summed E-state index contributed by atoms with van der Waals surface area (Å²) in [5, 5.41) is 15.3. The van der Waals surface area contributed by atoms with E-state index >= 15 is 0 Å². The second-order valence-electron chi connectivity index (χ2n) is 10.7. The molecule has 4 heterocycles. The zero-order valence-corrected chi connectivity index (χ0v) is 20.0. The van der Waals surface area contributed by atoms with Crippen molar-refractivity contribution in [3.63, 3.8) is 0 Å². The SMILES string of the molecule is BC(B)(C1CCOCC1)N1C[C@H]2C[C@H](Nc3nnc(-c4cnn(C)c4)cc3C(F)(F)F)C[C@H]2C1. The van der Waals surface area contributed by atoms with Crippen molar-refractivity contribution in [3.05, 3.63) is 24.0 Å². The molecule has 12 heteroatoms. The van der Waals surface area contributed by atoms with Crippen LogP contribution in [0.1, 0.15) is 31.2 Å². The summed E-state index contributed by atoms with van der Waals surface area (Å²) >= 11 is 0. The van der Waals surface area contributed by atoms with E-state index in [1.54, 1.807) is 13.2 Å². The molecule has 3 aliphatic rings. The molecule has 0 aromatic carbocycles. The minimum atomic E-state index is -4.52. The van der Waals surface area contributed by atoms with E-state index in [9.17, 15) is 13.2 Å². The highest BCUT2D eigenvalue weighted by atomic mass is 19.4. The molecule has 1 aliphatic carbocycles. The largest absolute Gasteiger partial charge is 0.420 e. The van der Waals surface area contributed by atoms with Gasteiger partial charge in [0.25, 0.3) is 0 Å². The minimum Gasteiger partial charge on any atom is -0.381 e. The average Bonchev–Trinajstić information content (AvgIpc) is 3.49. The molecule has 1 N–H and O–H groups in total. The highest BCUT2D eigenvalue weighted by Crippen LogP contribution is 2.44. The Bertz CT molecular complexity index is 1010. The van der Waals surface area contributed by atoms with Gasteiger partial charge in [-0.1, -0.05) is 0 Å². The number of aryl methyl sites for hydroxylation is 1. The van der Waals surface area contributed by atoms with Gasteiger partial charge in [0.15, 0.2) is 5.82 Å². The number of hydrogen-bond donors (Lipinski definition) is 1. The predicted molar refractivity (Wildman–Crippen MR) is 128 cm³/mol. The highest BCUT2D eigenvalue weighted by molar-refractivity contribution is 6.40. The Morgan fingerprint density at radius 2 is 1.76 bits per heavy atom. The maximum Gasteiger partial charge on any atom is 0.420 e. The van der Waals surface area contributed by atoms with Crippen molar-refractivity contribution in [3.8, 4) is 11.3 Å². The summed E-state index contributed by atoms with van der Waals surface area (Å²) in [7, 11) is 6.39. The second-order valence-corrected chi connectivity index (χ2v) is 10.7. The van der Waals surface area contributed by atoms with E-state index in [-0.39, 0.29) is 22.9 Å². The lowest BCUT2D eigenvalue weighted by Gasteiger charge is -2.45. The van der Waals surface area contributed by atoms with Crippen molar-refractivity contribution < 1.29 is 17.9 Å². The van der Waals surface area contributed by atoms with Gasteiger partial charge in [0.1, 0.15) is 21.3 Å². The number of aromatic nitrogens is 4. The summed E-state index contributed by atoms with van der Waals surface area (Å²) < 4.78 is 48.7. The number of ether oxygens (including phenoxy) is 1. The quantitative estimate of drug-likeness (QED) is 0.661. The van der Waals surface area contributed by atoms with Gasteiger partial charge in [-0.05, 0) is 54.8 Å². The highest BCUT2D eigenvalue weighted by Gasteiger charge is 2.47. The van der Waals surface area contributed by atoms with E-state index in [0.717, 1.165) is 58.1 Å². The van der Waals surface area contributed by atoms with Crippen LogP contribution in [0.3, 0.4) is 0 Å². The summed E-state index contributed by atoms with van der Waals surface area (Å²) in [5.41, 5.74) is -0.101. The van der Waals surface area contributed by atoms with Crippen molar-refractivity contribution in [2.45, 2.75) is 43.2 Å². The van der Waals surface area contributed by atoms with Gasteiger partial charge in [-0.25, -0.2) is 0 Å². The molecule has 34 heavy (non-hydrogen) atoms. The number of nitrogens with one attached hydrogen (secondary N) is 1. The number of alkyl halides is 3. The van der Waals surface area contributed by atoms with E-state index in [4.69, 9.17) is 4.74 Å². The molecule has 0 radical (unpaired) electrons. The third-order valence-electron chi connectivity index (χ3n) is 8.23. The summed E-state index contributed by atoms with van der Waals surface area (Å²) in [6, 6.07) is 1.04. The lowest BCUT2D eigenvalue weighted by atomic mass is 9.52. The number of hydrogen-bond acceptors (Lipinski definition) is 6. The lowest BCUT2D eigenvalue weighted by Crippen LogP contribution is -2.56. The van der Waals surface area contributed by atoms with Crippen molar-refractivity contribution in [1.29, 1.82) is 0 Å². The van der Waals surface area contributed by atoms with Gasteiger partial charge in [0, 0.05) is 51.2 Å². The van der Waals surface area contributed by atoms with Gasteiger partial charge in [-0.2, -0.15) is 18.3 Å². The van der Waals surface area contributed by atoms with E-state index in [0.29, 0.717) is 23.3 Å². The van der Waals surface area contributed by atoms with Crippen LogP contribution in [-0.2, 0) is 18.0 Å². The Kier molecular flexibility index (Phi) is 6.16. The molecule has 0 bridgehead atoms. The molecule has 2 saturated heterocycles. The van der Waals surface area contributed by atoms with Gasteiger partial charge in [0.05, 0.1) is 11.9 Å². The number of fused-ring (bicyclic) bond motifs is 1. The standard InChI is InChI=1S/C22H31B2F3N6O/c1-32-10-15(9-28-32)19-8-18(22(25,26)27)20(31-30-19)29-17-6-13-11-33(12-14(13)7-17)21(23,24)16-2-4-34-5-3-16/h8-10,13-14,16-17H,2-7,11-12,23-24H2,1H3,(H,29,31)/t13-,14+,17+. The fourth-order valence-electron chi connectivity index (χ4n) is 6.15. The maximum atomic E-state index is 13.9. The third kappa shape index (κ3) is 4.58. The molecule has 7 nitrogen and oxygen atoms in total. The minimum absolute atomic E-state index is 0.0250. The molecule has 2 aromatic rings. The number of halogens is 3. The zero-order valence-electron chi connectivity index (χ0n) is 20.0. The molecule has 2 aromatic heterocycles. The van der Waals surface area contributed by atoms with Crippen LogP contribution in [0.5, 0.6) is 0 Å². The smallest absolute Gasteiger partial charge is 0.381 e. The third-order valence-corrected chi connectivity index (χ3v) is 8.23. The van der Waals surface area contributed by atoms with Crippen molar-refractivity contribution in [2.24, 2.45) is 24.8 Å². The van der Waals surface area contributed by atoms with Gasteiger partial charge >= 0.3 is 6.18 Å². The lowest BCUT2D eigenvalue weighted by molar-refractivity contribution is -0.137. The normalized spacial score (nSPS) is 26.6.